The third kappa shape index (κ3) is 3.81. The highest BCUT2D eigenvalue weighted by Gasteiger charge is 2.08. The number of hydrogen-bond donors (Lipinski definition) is 1. The average molecular weight is 244 g/mol. The van der Waals surface area contributed by atoms with Crippen molar-refractivity contribution in [2.24, 2.45) is 0 Å². The minimum absolute atomic E-state index is 0.160. The van der Waals surface area contributed by atoms with E-state index in [2.05, 4.69) is 5.32 Å². The van der Waals surface area contributed by atoms with Crippen LogP contribution < -0.4 is 5.32 Å². The maximum atomic E-state index is 12.8. The summed E-state index contributed by atoms with van der Waals surface area (Å²) in [4.78, 5) is 11.7. The van der Waals surface area contributed by atoms with Crippen LogP contribution in [0.4, 0.5) is 4.39 Å². The van der Waals surface area contributed by atoms with Crippen LogP contribution in [0.5, 0.6) is 0 Å². The second-order valence-electron chi connectivity index (χ2n) is 3.61. The van der Waals surface area contributed by atoms with Crippen molar-refractivity contribution in [2.45, 2.75) is 19.8 Å². The van der Waals surface area contributed by atoms with Crippen molar-refractivity contribution >= 4 is 17.5 Å². The molecule has 0 spiro atoms. The Hall–Kier alpha value is -1.09. The lowest BCUT2D eigenvalue weighted by Gasteiger charge is -2.07. The smallest absolute Gasteiger partial charge is 0.251 e. The highest BCUT2D eigenvalue weighted by Crippen LogP contribution is 2.09. The molecule has 0 aromatic heterocycles. The minimum atomic E-state index is -0.323. The topological polar surface area (TPSA) is 29.1 Å². The van der Waals surface area contributed by atoms with Crippen LogP contribution in [-0.4, -0.2) is 18.3 Å². The van der Waals surface area contributed by atoms with Crippen LogP contribution in [0.25, 0.3) is 0 Å². The van der Waals surface area contributed by atoms with Gasteiger partial charge in [0.2, 0.25) is 0 Å². The number of aryl methyl sites for hydroxylation is 1. The molecule has 1 rings (SSSR count). The number of amides is 1. The van der Waals surface area contributed by atoms with Crippen LogP contribution in [0.3, 0.4) is 0 Å². The van der Waals surface area contributed by atoms with Crippen LogP contribution in [0, 0.1) is 12.7 Å². The molecular weight excluding hydrogens is 229 g/mol. The van der Waals surface area contributed by atoms with E-state index in [1.807, 2.05) is 0 Å². The zero-order valence-electron chi connectivity index (χ0n) is 9.22. The van der Waals surface area contributed by atoms with Gasteiger partial charge in [0, 0.05) is 18.0 Å². The molecule has 0 saturated heterocycles. The van der Waals surface area contributed by atoms with E-state index in [1.54, 1.807) is 6.92 Å². The Morgan fingerprint density at radius 2 is 2.19 bits per heavy atom. The average Bonchev–Trinajstić information content (AvgIpc) is 2.24. The summed E-state index contributed by atoms with van der Waals surface area (Å²) in [5, 5.41) is 2.77. The van der Waals surface area contributed by atoms with E-state index in [4.69, 9.17) is 11.6 Å². The quantitative estimate of drug-likeness (QED) is 0.625. The summed E-state index contributed by atoms with van der Waals surface area (Å²) in [6.07, 6.45) is 1.74. The lowest BCUT2D eigenvalue weighted by molar-refractivity contribution is 0.0952. The molecule has 0 aliphatic heterocycles. The van der Waals surface area contributed by atoms with Gasteiger partial charge in [0.1, 0.15) is 5.82 Å². The summed E-state index contributed by atoms with van der Waals surface area (Å²) in [6.45, 7) is 2.32. The molecule has 0 bridgehead atoms. The SMILES string of the molecule is Cc1cc(F)ccc1C(=O)NCCCCCl. The van der Waals surface area contributed by atoms with Crippen molar-refractivity contribution in [3.05, 3.63) is 35.1 Å². The van der Waals surface area contributed by atoms with E-state index in [9.17, 15) is 9.18 Å². The fourth-order valence-electron chi connectivity index (χ4n) is 1.40. The summed E-state index contributed by atoms with van der Waals surface area (Å²) >= 11 is 5.52. The van der Waals surface area contributed by atoms with Crippen LogP contribution >= 0.6 is 11.6 Å². The van der Waals surface area contributed by atoms with E-state index in [0.717, 1.165) is 12.8 Å². The van der Waals surface area contributed by atoms with Gasteiger partial charge in [-0.05, 0) is 43.5 Å². The molecular formula is C12H15ClFNO. The second kappa shape index (κ2) is 6.48. The number of carbonyl (C=O) groups excluding carboxylic acids is 1. The fourth-order valence-corrected chi connectivity index (χ4v) is 1.59. The number of rotatable bonds is 5. The molecule has 0 heterocycles. The Labute approximate surface area is 99.8 Å². The number of benzene rings is 1. The Bertz CT molecular complexity index is 368. The number of carbonyl (C=O) groups is 1. The van der Waals surface area contributed by atoms with Gasteiger partial charge < -0.3 is 5.32 Å². The number of nitrogens with one attached hydrogen (secondary N) is 1. The molecule has 0 aliphatic carbocycles. The Morgan fingerprint density at radius 3 is 2.81 bits per heavy atom. The zero-order chi connectivity index (χ0) is 12.0. The third-order valence-electron chi connectivity index (χ3n) is 2.28. The summed E-state index contributed by atoms with van der Waals surface area (Å²) < 4.78 is 12.8. The van der Waals surface area contributed by atoms with Crippen molar-refractivity contribution in [1.82, 2.24) is 5.32 Å². The number of alkyl halides is 1. The molecule has 0 radical (unpaired) electrons. The first-order chi connectivity index (χ1) is 7.65. The van der Waals surface area contributed by atoms with Crippen molar-refractivity contribution in [3.8, 4) is 0 Å². The minimum Gasteiger partial charge on any atom is -0.352 e. The van der Waals surface area contributed by atoms with E-state index < -0.39 is 0 Å². The third-order valence-corrected chi connectivity index (χ3v) is 2.55. The maximum absolute atomic E-state index is 12.8. The highest BCUT2D eigenvalue weighted by atomic mass is 35.5. The molecule has 88 valence electrons. The first kappa shape index (κ1) is 13.0. The molecule has 0 atom stereocenters. The summed E-state index contributed by atoms with van der Waals surface area (Å²) in [5.41, 5.74) is 1.17. The van der Waals surface area contributed by atoms with Crippen LogP contribution in [-0.2, 0) is 0 Å². The Balaban J connectivity index is 2.53. The lowest BCUT2D eigenvalue weighted by atomic mass is 10.1. The molecule has 1 N–H and O–H groups in total. The van der Waals surface area contributed by atoms with Gasteiger partial charge in [-0.15, -0.1) is 11.6 Å². The van der Waals surface area contributed by atoms with Crippen molar-refractivity contribution in [2.75, 3.05) is 12.4 Å². The molecule has 0 fully saturated rings. The van der Waals surface area contributed by atoms with E-state index >= 15 is 0 Å². The van der Waals surface area contributed by atoms with E-state index in [-0.39, 0.29) is 11.7 Å². The first-order valence-corrected chi connectivity index (χ1v) is 5.79. The van der Waals surface area contributed by atoms with Gasteiger partial charge in [0.25, 0.3) is 5.91 Å². The summed E-state index contributed by atoms with van der Waals surface area (Å²) in [7, 11) is 0. The lowest BCUT2D eigenvalue weighted by Crippen LogP contribution is -2.25. The van der Waals surface area contributed by atoms with E-state index in [1.165, 1.54) is 18.2 Å². The number of halogens is 2. The summed E-state index contributed by atoms with van der Waals surface area (Å²) in [6, 6.07) is 4.15. The molecule has 1 amide bonds. The fraction of sp³-hybridized carbons (Fsp3) is 0.417. The normalized spacial score (nSPS) is 10.2. The van der Waals surface area contributed by atoms with Crippen molar-refractivity contribution < 1.29 is 9.18 Å². The van der Waals surface area contributed by atoms with Gasteiger partial charge in [-0.3, -0.25) is 4.79 Å². The number of unbranched alkanes of at least 4 members (excludes halogenated alkanes) is 1. The van der Waals surface area contributed by atoms with Crippen molar-refractivity contribution in [3.63, 3.8) is 0 Å². The predicted octanol–water partition coefficient (Wildman–Crippen LogP) is 2.88. The molecule has 1 aromatic carbocycles. The molecule has 0 unspecified atom stereocenters. The van der Waals surface area contributed by atoms with Gasteiger partial charge in [-0.1, -0.05) is 0 Å². The summed E-state index contributed by atoms with van der Waals surface area (Å²) in [5.74, 6) is 0.120. The maximum Gasteiger partial charge on any atom is 0.251 e. The largest absolute Gasteiger partial charge is 0.352 e. The van der Waals surface area contributed by atoms with Gasteiger partial charge in [0.05, 0.1) is 0 Å². The van der Waals surface area contributed by atoms with Crippen molar-refractivity contribution in [1.29, 1.82) is 0 Å². The van der Waals surface area contributed by atoms with Gasteiger partial charge in [-0.25, -0.2) is 4.39 Å². The Kier molecular flexibility index (Phi) is 5.26. The van der Waals surface area contributed by atoms with Crippen LogP contribution in [0.15, 0.2) is 18.2 Å². The molecule has 0 aliphatic rings. The van der Waals surface area contributed by atoms with Gasteiger partial charge in [-0.2, -0.15) is 0 Å². The second-order valence-corrected chi connectivity index (χ2v) is 3.99. The van der Waals surface area contributed by atoms with E-state index in [0.29, 0.717) is 23.6 Å². The molecule has 16 heavy (non-hydrogen) atoms. The molecule has 1 aromatic rings. The van der Waals surface area contributed by atoms with Gasteiger partial charge in [0.15, 0.2) is 0 Å². The molecule has 0 saturated carbocycles. The van der Waals surface area contributed by atoms with Crippen LogP contribution in [0.2, 0.25) is 0 Å². The molecule has 4 heteroatoms. The number of hydrogen-bond acceptors (Lipinski definition) is 1. The predicted molar refractivity (Wildman–Crippen MR) is 63.4 cm³/mol. The zero-order valence-corrected chi connectivity index (χ0v) is 9.98. The van der Waals surface area contributed by atoms with Crippen LogP contribution in [0.1, 0.15) is 28.8 Å². The standard InChI is InChI=1S/C12H15ClFNO/c1-9-8-10(14)4-5-11(9)12(16)15-7-3-2-6-13/h4-5,8H,2-3,6-7H2,1H3,(H,15,16). The first-order valence-electron chi connectivity index (χ1n) is 5.25. The van der Waals surface area contributed by atoms with Gasteiger partial charge >= 0.3 is 0 Å². The Morgan fingerprint density at radius 1 is 1.44 bits per heavy atom. The molecule has 2 nitrogen and oxygen atoms in total. The monoisotopic (exact) mass is 243 g/mol. The highest BCUT2D eigenvalue weighted by molar-refractivity contribution is 6.17.